The maximum atomic E-state index is 5.30. The summed E-state index contributed by atoms with van der Waals surface area (Å²) in [5, 5.41) is 2.54. The Labute approximate surface area is 114 Å². The van der Waals surface area contributed by atoms with Crippen LogP contribution in [0.2, 0.25) is 0 Å². The molecule has 3 rings (SSSR count). The number of ether oxygens (including phenoxy) is 1. The van der Waals surface area contributed by atoms with Gasteiger partial charge in [-0.25, -0.2) is 0 Å². The molecule has 0 saturated heterocycles. The molecule has 1 heteroatoms. The second-order valence-corrected chi connectivity index (χ2v) is 5.29. The number of benzene rings is 1. The molecule has 0 saturated carbocycles. The van der Waals surface area contributed by atoms with E-state index in [-0.39, 0.29) is 0 Å². The van der Waals surface area contributed by atoms with Gasteiger partial charge in [-0.2, -0.15) is 0 Å². The highest BCUT2D eigenvalue weighted by atomic mass is 16.5. The van der Waals surface area contributed by atoms with E-state index in [0.29, 0.717) is 5.92 Å². The van der Waals surface area contributed by atoms with Crippen molar-refractivity contribution < 1.29 is 4.74 Å². The Morgan fingerprint density at radius 3 is 2.53 bits per heavy atom. The maximum absolute atomic E-state index is 5.30. The van der Waals surface area contributed by atoms with E-state index >= 15 is 0 Å². The van der Waals surface area contributed by atoms with Crippen LogP contribution >= 0.6 is 0 Å². The summed E-state index contributed by atoms with van der Waals surface area (Å²) < 4.78 is 5.30. The first-order valence-corrected chi connectivity index (χ1v) is 6.69. The largest absolute Gasteiger partial charge is 0.497 e. The Bertz CT molecular complexity index is 697. The van der Waals surface area contributed by atoms with Gasteiger partial charge in [-0.15, -0.1) is 0 Å². The zero-order valence-electron chi connectivity index (χ0n) is 11.6. The summed E-state index contributed by atoms with van der Waals surface area (Å²) in [6.07, 6.45) is 0. The molecular weight excluding hydrogens is 232 g/mol. The summed E-state index contributed by atoms with van der Waals surface area (Å²) in [4.78, 5) is 0. The lowest BCUT2D eigenvalue weighted by molar-refractivity contribution is 0.415. The zero-order valence-corrected chi connectivity index (χ0v) is 11.6. The van der Waals surface area contributed by atoms with E-state index in [1.165, 1.54) is 27.5 Å². The van der Waals surface area contributed by atoms with Crippen LogP contribution in [-0.2, 0) is 0 Å². The molecule has 0 spiro atoms. The van der Waals surface area contributed by atoms with Gasteiger partial charge < -0.3 is 4.74 Å². The van der Waals surface area contributed by atoms with E-state index in [0.717, 1.165) is 5.75 Å². The van der Waals surface area contributed by atoms with Gasteiger partial charge in [-0.1, -0.05) is 44.2 Å². The van der Waals surface area contributed by atoms with E-state index in [4.69, 9.17) is 4.74 Å². The van der Waals surface area contributed by atoms with E-state index in [2.05, 4.69) is 56.3 Å². The Balaban J connectivity index is 2.28. The Morgan fingerprint density at radius 1 is 0.947 bits per heavy atom. The van der Waals surface area contributed by atoms with E-state index in [1.54, 1.807) is 7.11 Å². The van der Waals surface area contributed by atoms with E-state index < -0.39 is 0 Å². The molecule has 96 valence electrons. The number of rotatable bonds is 2. The third-order valence-electron chi connectivity index (χ3n) is 3.71. The van der Waals surface area contributed by atoms with Crippen LogP contribution in [-0.4, -0.2) is 7.11 Å². The number of fused-ring (bicyclic) bond motifs is 3. The fourth-order valence-electron chi connectivity index (χ4n) is 2.58. The molecule has 1 aromatic rings. The smallest absolute Gasteiger partial charge is 0.119 e. The van der Waals surface area contributed by atoms with Gasteiger partial charge in [0.2, 0.25) is 0 Å². The Hall–Kier alpha value is -2.02. The van der Waals surface area contributed by atoms with E-state index in [1.807, 2.05) is 6.07 Å². The van der Waals surface area contributed by atoms with Crippen LogP contribution in [0.1, 0.15) is 25.3 Å². The molecule has 1 nitrogen and oxygen atoms in total. The molecule has 0 radical (unpaired) electrons. The third kappa shape index (κ3) is 2.06. The van der Waals surface area contributed by atoms with Crippen molar-refractivity contribution in [2.24, 2.45) is 0 Å². The van der Waals surface area contributed by atoms with Crippen LogP contribution in [0.15, 0.2) is 48.5 Å². The molecule has 0 aliphatic heterocycles. The van der Waals surface area contributed by atoms with Crippen molar-refractivity contribution in [3.8, 4) is 16.9 Å². The lowest BCUT2D eigenvalue weighted by atomic mass is 10.0. The lowest BCUT2D eigenvalue weighted by Gasteiger charge is -2.01. The van der Waals surface area contributed by atoms with Crippen LogP contribution in [0, 0.1) is 0 Å². The lowest BCUT2D eigenvalue weighted by Crippen LogP contribution is -1.82. The number of hydrogen-bond acceptors (Lipinski definition) is 1. The van der Waals surface area contributed by atoms with Crippen molar-refractivity contribution in [2.45, 2.75) is 19.8 Å². The fraction of sp³-hybridized carbons (Fsp3) is 0.222. The minimum absolute atomic E-state index is 0.545. The highest BCUT2D eigenvalue weighted by molar-refractivity contribution is 6.02. The fourth-order valence-corrected chi connectivity index (χ4v) is 2.58. The maximum Gasteiger partial charge on any atom is 0.119 e. The van der Waals surface area contributed by atoms with Gasteiger partial charge in [0, 0.05) is 0 Å². The van der Waals surface area contributed by atoms with E-state index in [9.17, 15) is 0 Å². The molecule has 0 fully saturated rings. The molecule has 0 heterocycles. The highest BCUT2D eigenvalue weighted by Gasteiger charge is 2.10. The summed E-state index contributed by atoms with van der Waals surface area (Å²) in [5.41, 5.74) is 3.98. The summed E-state index contributed by atoms with van der Waals surface area (Å²) >= 11 is 0. The van der Waals surface area contributed by atoms with Gasteiger partial charge >= 0.3 is 0 Å². The molecule has 1 aromatic carbocycles. The molecule has 0 N–H and O–H groups in total. The molecule has 0 bridgehead atoms. The predicted molar refractivity (Wildman–Crippen MR) is 81.2 cm³/mol. The Kier molecular flexibility index (Phi) is 2.90. The van der Waals surface area contributed by atoms with Gasteiger partial charge in [0.15, 0.2) is 0 Å². The molecule has 0 aromatic heterocycles. The third-order valence-corrected chi connectivity index (χ3v) is 3.71. The standard InChI is InChI=1S/C18H18O/c1-12(2)13-5-4-6-17-14(9-13)10-15-11-16(19-3)7-8-18(15)17/h4-12H,1-3H3. The van der Waals surface area contributed by atoms with Crippen LogP contribution in [0.4, 0.5) is 0 Å². The van der Waals surface area contributed by atoms with Crippen molar-refractivity contribution in [2.75, 3.05) is 7.11 Å². The molecule has 0 unspecified atom stereocenters. The SMILES string of the molecule is COc1ccc2c3cccc(C(C)C)cc-3cc2c1. The number of hydrogen-bond donors (Lipinski definition) is 0. The van der Waals surface area contributed by atoms with Crippen molar-refractivity contribution in [1.82, 2.24) is 0 Å². The molecule has 2 aliphatic rings. The van der Waals surface area contributed by atoms with Crippen LogP contribution in [0.3, 0.4) is 0 Å². The van der Waals surface area contributed by atoms with Crippen LogP contribution in [0.5, 0.6) is 5.75 Å². The first kappa shape index (κ1) is 12.0. The molecule has 0 amide bonds. The van der Waals surface area contributed by atoms with Gasteiger partial charge in [0.05, 0.1) is 7.11 Å². The zero-order chi connectivity index (χ0) is 13.4. The van der Waals surface area contributed by atoms with Crippen molar-refractivity contribution in [3.63, 3.8) is 0 Å². The summed E-state index contributed by atoms with van der Waals surface area (Å²) in [5.74, 6) is 1.46. The van der Waals surface area contributed by atoms with Crippen LogP contribution in [0.25, 0.3) is 21.9 Å². The average Bonchev–Trinajstić information content (AvgIpc) is 2.60. The van der Waals surface area contributed by atoms with Crippen molar-refractivity contribution in [3.05, 3.63) is 54.1 Å². The second kappa shape index (κ2) is 4.58. The predicted octanol–water partition coefficient (Wildman–Crippen LogP) is 5.08. The Morgan fingerprint density at radius 2 is 1.79 bits per heavy atom. The first-order chi connectivity index (χ1) is 9.19. The van der Waals surface area contributed by atoms with Crippen molar-refractivity contribution in [1.29, 1.82) is 0 Å². The van der Waals surface area contributed by atoms with Crippen molar-refractivity contribution >= 4 is 10.8 Å². The average molecular weight is 250 g/mol. The topological polar surface area (TPSA) is 9.23 Å². The monoisotopic (exact) mass is 250 g/mol. The minimum Gasteiger partial charge on any atom is -0.497 e. The van der Waals surface area contributed by atoms with Gasteiger partial charge in [-0.05, 0) is 51.6 Å². The number of methoxy groups -OCH3 is 1. The molecule has 19 heavy (non-hydrogen) atoms. The van der Waals surface area contributed by atoms with Gasteiger partial charge in [0.1, 0.15) is 5.75 Å². The molecular formula is C18H18O. The minimum atomic E-state index is 0.545. The van der Waals surface area contributed by atoms with Gasteiger partial charge in [0.25, 0.3) is 0 Å². The summed E-state index contributed by atoms with van der Waals surface area (Å²) in [7, 11) is 1.71. The summed E-state index contributed by atoms with van der Waals surface area (Å²) in [6, 6.07) is 17.4. The summed E-state index contributed by atoms with van der Waals surface area (Å²) in [6.45, 7) is 4.46. The molecule has 2 aliphatic carbocycles. The second-order valence-electron chi connectivity index (χ2n) is 5.29. The van der Waals surface area contributed by atoms with Gasteiger partial charge in [-0.3, -0.25) is 0 Å². The quantitative estimate of drug-likeness (QED) is 0.616. The first-order valence-electron chi connectivity index (χ1n) is 6.69. The normalized spacial score (nSPS) is 11.4. The highest BCUT2D eigenvalue weighted by Crippen LogP contribution is 2.36. The van der Waals surface area contributed by atoms with Crippen LogP contribution < -0.4 is 4.74 Å². The molecule has 0 atom stereocenters.